The molecule has 0 radical (unpaired) electrons. The quantitative estimate of drug-likeness (QED) is 0.846. The summed E-state index contributed by atoms with van der Waals surface area (Å²) >= 11 is 0. The molecule has 0 saturated heterocycles. The topological polar surface area (TPSA) is 35.2 Å². The molecule has 0 fully saturated rings. The van der Waals surface area contributed by atoms with Gasteiger partial charge < -0.3 is 10.5 Å². The lowest BCUT2D eigenvalue weighted by Crippen LogP contribution is -2.24. The van der Waals surface area contributed by atoms with Crippen LogP contribution in [0.1, 0.15) is 56.7 Å². The van der Waals surface area contributed by atoms with E-state index >= 15 is 0 Å². The summed E-state index contributed by atoms with van der Waals surface area (Å²) in [5.74, 6) is 1.53. The number of ether oxygens (including phenoxy) is 1. The van der Waals surface area contributed by atoms with E-state index in [1.807, 2.05) is 0 Å². The molecule has 1 aliphatic rings. The Balaban J connectivity index is 2.27. The Kier molecular flexibility index (Phi) is 3.20. The summed E-state index contributed by atoms with van der Waals surface area (Å²) in [4.78, 5) is 0. The lowest BCUT2D eigenvalue weighted by atomic mass is 9.96. The second-order valence-corrected chi connectivity index (χ2v) is 4.92. The summed E-state index contributed by atoms with van der Waals surface area (Å²) in [6, 6.07) is 6.47. The monoisotopic (exact) mass is 219 g/mol. The van der Waals surface area contributed by atoms with Crippen LogP contribution >= 0.6 is 0 Å². The van der Waals surface area contributed by atoms with Crippen molar-refractivity contribution in [2.45, 2.75) is 51.7 Å². The van der Waals surface area contributed by atoms with Crippen LogP contribution in [0.3, 0.4) is 0 Å². The van der Waals surface area contributed by atoms with Crippen LogP contribution in [0.4, 0.5) is 0 Å². The third-order valence-electron chi connectivity index (χ3n) is 3.31. The molecule has 88 valence electrons. The summed E-state index contributed by atoms with van der Waals surface area (Å²) < 4.78 is 5.87. The molecule has 0 spiro atoms. The highest BCUT2D eigenvalue weighted by Gasteiger charge is 2.30. The fraction of sp³-hybridized carbons (Fsp3) is 0.571. The van der Waals surface area contributed by atoms with Crippen LogP contribution in [0.25, 0.3) is 0 Å². The Bertz CT molecular complexity index is 373. The third-order valence-corrected chi connectivity index (χ3v) is 3.31. The zero-order valence-electron chi connectivity index (χ0n) is 10.4. The molecule has 2 rings (SSSR count). The molecule has 1 heterocycles. The molecule has 0 amide bonds. The molecule has 0 saturated carbocycles. The predicted octanol–water partition coefficient (Wildman–Crippen LogP) is 3.37. The fourth-order valence-electron chi connectivity index (χ4n) is 2.25. The zero-order valence-corrected chi connectivity index (χ0v) is 10.4. The molecule has 2 unspecified atom stereocenters. The van der Waals surface area contributed by atoms with Crippen molar-refractivity contribution in [2.75, 3.05) is 0 Å². The first kappa shape index (κ1) is 11.5. The molecule has 1 aromatic rings. The smallest absolute Gasteiger partial charge is 0.124 e. The van der Waals surface area contributed by atoms with E-state index in [4.69, 9.17) is 10.5 Å². The molecule has 16 heavy (non-hydrogen) atoms. The minimum absolute atomic E-state index is 0.0497. The van der Waals surface area contributed by atoms with Gasteiger partial charge in [-0.1, -0.05) is 39.3 Å². The van der Waals surface area contributed by atoms with Gasteiger partial charge >= 0.3 is 0 Å². The first-order valence-electron chi connectivity index (χ1n) is 6.19. The number of hydrogen-bond donors (Lipinski definition) is 1. The van der Waals surface area contributed by atoms with E-state index in [2.05, 4.69) is 39.0 Å². The average Bonchev–Trinajstić information content (AvgIpc) is 2.56. The molecule has 2 nitrogen and oxygen atoms in total. The Morgan fingerprint density at radius 1 is 1.38 bits per heavy atom. The first-order valence-corrected chi connectivity index (χ1v) is 6.19. The number of rotatable bonds is 3. The minimum atomic E-state index is 0.0497. The zero-order chi connectivity index (χ0) is 11.7. The highest BCUT2D eigenvalue weighted by molar-refractivity contribution is 5.44. The van der Waals surface area contributed by atoms with Crippen molar-refractivity contribution in [3.8, 4) is 5.75 Å². The van der Waals surface area contributed by atoms with Gasteiger partial charge in [0.15, 0.2) is 0 Å². The van der Waals surface area contributed by atoms with Crippen molar-refractivity contribution in [1.29, 1.82) is 0 Å². The van der Waals surface area contributed by atoms with Gasteiger partial charge in [0.25, 0.3) is 0 Å². The maximum atomic E-state index is 6.22. The fourth-order valence-corrected chi connectivity index (χ4v) is 2.25. The first-order chi connectivity index (χ1) is 7.63. The normalized spacial score (nSPS) is 23.3. The minimum Gasteiger partial charge on any atom is -0.488 e. The van der Waals surface area contributed by atoms with Gasteiger partial charge in [0.2, 0.25) is 0 Å². The van der Waals surface area contributed by atoms with E-state index in [1.165, 1.54) is 11.1 Å². The Labute approximate surface area is 97.8 Å². The summed E-state index contributed by atoms with van der Waals surface area (Å²) in [6.07, 6.45) is 2.32. The maximum absolute atomic E-state index is 6.22. The molecule has 2 N–H and O–H groups in total. The standard InChI is InChI=1S/C14H21NO/c1-4-5-13-14(15)11-8-10(9(2)3)6-7-12(11)16-13/h6-9,13-14H,4-5,15H2,1-3H3. The van der Waals surface area contributed by atoms with E-state index in [1.54, 1.807) is 0 Å². The van der Waals surface area contributed by atoms with Crippen LogP contribution in [0.5, 0.6) is 5.75 Å². The van der Waals surface area contributed by atoms with Gasteiger partial charge in [-0.25, -0.2) is 0 Å². The highest BCUT2D eigenvalue weighted by Crippen LogP contribution is 2.38. The van der Waals surface area contributed by atoms with E-state index in [9.17, 15) is 0 Å². The van der Waals surface area contributed by atoms with Crippen molar-refractivity contribution in [2.24, 2.45) is 5.73 Å². The summed E-state index contributed by atoms with van der Waals surface area (Å²) in [7, 11) is 0. The largest absolute Gasteiger partial charge is 0.488 e. The second-order valence-electron chi connectivity index (χ2n) is 4.92. The molecule has 1 aromatic carbocycles. The summed E-state index contributed by atoms with van der Waals surface area (Å²) in [6.45, 7) is 6.57. The van der Waals surface area contributed by atoms with Gasteiger partial charge in [0.1, 0.15) is 11.9 Å². The van der Waals surface area contributed by atoms with Gasteiger partial charge in [-0.3, -0.25) is 0 Å². The van der Waals surface area contributed by atoms with Gasteiger partial charge in [-0.05, 0) is 24.0 Å². The van der Waals surface area contributed by atoms with Gasteiger partial charge in [0.05, 0.1) is 6.04 Å². The van der Waals surface area contributed by atoms with Gasteiger partial charge in [-0.2, -0.15) is 0 Å². The predicted molar refractivity (Wildman–Crippen MR) is 66.8 cm³/mol. The Morgan fingerprint density at radius 3 is 2.75 bits per heavy atom. The van der Waals surface area contributed by atoms with E-state index in [-0.39, 0.29) is 12.1 Å². The van der Waals surface area contributed by atoms with Crippen LogP contribution in [0, 0.1) is 0 Å². The second kappa shape index (κ2) is 4.46. The number of benzene rings is 1. The third kappa shape index (κ3) is 1.94. The number of fused-ring (bicyclic) bond motifs is 1. The number of nitrogens with two attached hydrogens (primary N) is 1. The van der Waals surface area contributed by atoms with Crippen LogP contribution in [0.2, 0.25) is 0 Å². The van der Waals surface area contributed by atoms with Crippen LogP contribution in [-0.2, 0) is 0 Å². The van der Waals surface area contributed by atoms with Crippen molar-refractivity contribution >= 4 is 0 Å². The molecular formula is C14H21NO. The van der Waals surface area contributed by atoms with Crippen LogP contribution < -0.4 is 10.5 Å². The van der Waals surface area contributed by atoms with E-state index < -0.39 is 0 Å². The SMILES string of the molecule is CCCC1Oc2ccc(C(C)C)cc2C1N. The van der Waals surface area contributed by atoms with Crippen molar-refractivity contribution < 1.29 is 4.74 Å². The molecule has 0 aliphatic carbocycles. The summed E-state index contributed by atoms with van der Waals surface area (Å²) in [5, 5.41) is 0. The number of hydrogen-bond acceptors (Lipinski definition) is 2. The average molecular weight is 219 g/mol. The molecular weight excluding hydrogens is 198 g/mol. The molecule has 2 heteroatoms. The van der Waals surface area contributed by atoms with Crippen LogP contribution in [0.15, 0.2) is 18.2 Å². The Hall–Kier alpha value is -1.02. The van der Waals surface area contributed by atoms with Crippen molar-refractivity contribution in [3.05, 3.63) is 29.3 Å². The van der Waals surface area contributed by atoms with Gasteiger partial charge in [-0.15, -0.1) is 0 Å². The molecule has 0 bridgehead atoms. The van der Waals surface area contributed by atoms with Crippen LogP contribution in [-0.4, -0.2) is 6.10 Å². The van der Waals surface area contributed by atoms with E-state index in [0.717, 1.165) is 18.6 Å². The van der Waals surface area contributed by atoms with Gasteiger partial charge in [0, 0.05) is 5.56 Å². The molecule has 1 aliphatic heterocycles. The lowest BCUT2D eigenvalue weighted by Gasteiger charge is -2.13. The Morgan fingerprint density at radius 2 is 2.12 bits per heavy atom. The molecule has 0 aromatic heterocycles. The lowest BCUT2D eigenvalue weighted by molar-refractivity contribution is 0.195. The van der Waals surface area contributed by atoms with Crippen molar-refractivity contribution in [1.82, 2.24) is 0 Å². The summed E-state index contributed by atoms with van der Waals surface area (Å²) in [5.41, 5.74) is 8.75. The highest BCUT2D eigenvalue weighted by atomic mass is 16.5. The maximum Gasteiger partial charge on any atom is 0.124 e. The molecule has 2 atom stereocenters. The van der Waals surface area contributed by atoms with Crippen molar-refractivity contribution in [3.63, 3.8) is 0 Å². The van der Waals surface area contributed by atoms with E-state index in [0.29, 0.717) is 5.92 Å².